The summed E-state index contributed by atoms with van der Waals surface area (Å²) in [6.45, 7) is 0.133. The molecule has 1 rings (SSSR count). The maximum absolute atomic E-state index is 13.1. The number of amides is 1. The molecular formula is C9H13ClFN3O. The quantitative estimate of drug-likeness (QED) is 0.682. The van der Waals surface area contributed by atoms with E-state index in [1.54, 1.807) is 7.05 Å². The van der Waals surface area contributed by atoms with Crippen LogP contribution in [0.2, 0.25) is 0 Å². The van der Waals surface area contributed by atoms with Crippen LogP contribution in [0, 0.1) is 5.82 Å². The molecule has 0 spiro atoms. The maximum atomic E-state index is 13.1. The predicted octanol–water partition coefficient (Wildman–Crippen LogP) is 0.988. The van der Waals surface area contributed by atoms with Crippen molar-refractivity contribution in [1.29, 1.82) is 0 Å². The van der Waals surface area contributed by atoms with Gasteiger partial charge in [-0.25, -0.2) is 4.39 Å². The third kappa shape index (κ3) is 4.14. The van der Waals surface area contributed by atoms with Crippen molar-refractivity contribution in [2.24, 2.45) is 0 Å². The zero-order chi connectivity index (χ0) is 10.6. The number of rotatable bonds is 3. The Labute approximate surface area is 93.4 Å². The fourth-order valence-electron chi connectivity index (χ4n) is 0.994. The summed E-state index contributed by atoms with van der Waals surface area (Å²) in [7, 11) is 1.63. The highest BCUT2D eigenvalue weighted by Gasteiger charge is 2.05. The van der Waals surface area contributed by atoms with Crippen LogP contribution in [0.3, 0.4) is 0 Å². The molecule has 0 saturated heterocycles. The van der Waals surface area contributed by atoms with Crippen LogP contribution in [0.15, 0.2) is 18.2 Å². The van der Waals surface area contributed by atoms with E-state index in [9.17, 15) is 9.18 Å². The summed E-state index contributed by atoms with van der Waals surface area (Å²) in [5, 5.41) is 5.05. The number of nitrogens with one attached hydrogen (secondary N) is 2. The van der Waals surface area contributed by atoms with Gasteiger partial charge in [-0.15, -0.1) is 12.4 Å². The second-order valence-electron chi connectivity index (χ2n) is 2.82. The van der Waals surface area contributed by atoms with Crippen LogP contribution in [0.1, 0.15) is 0 Å². The zero-order valence-electron chi connectivity index (χ0n) is 8.21. The summed E-state index contributed by atoms with van der Waals surface area (Å²) >= 11 is 0. The lowest BCUT2D eigenvalue weighted by atomic mass is 10.2. The van der Waals surface area contributed by atoms with Crippen LogP contribution in [0.4, 0.5) is 15.8 Å². The summed E-state index contributed by atoms with van der Waals surface area (Å²) in [6, 6.07) is 4.02. The summed E-state index contributed by atoms with van der Waals surface area (Å²) in [5.74, 6) is -0.805. The van der Waals surface area contributed by atoms with Gasteiger partial charge in [0.05, 0.1) is 12.2 Å². The summed E-state index contributed by atoms with van der Waals surface area (Å²) in [4.78, 5) is 11.1. The summed E-state index contributed by atoms with van der Waals surface area (Å²) < 4.78 is 13.1. The van der Waals surface area contributed by atoms with E-state index in [1.165, 1.54) is 18.2 Å². The first-order valence-electron chi connectivity index (χ1n) is 4.13. The molecule has 15 heavy (non-hydrogen) atoms. The second-order valence-corrected chi connectivity index (χ2v) is 2.82. The van der Waals surface area contributed by atoms with Crippen LogP contribution >= 0.6 is 12.4 Å². The lowest BCUT2D eigenvalue weighted by Gasteiger charge is -2.06. The van der Waals surface area contributed by atoms with Crippen LogP contribution in [0.25, 0.3) is 0 Å². The third-order valence-electron chi connectivity index (χ3n) is 1.60. The molecule has 0 aromatic heterocycles. The smallest absolute Gasteiger partial charge is 0.238 e. The number of anilines is 2. The van der Waals surface area contributed by atoms with Crippen molar-refractivity contribution < 1.29 is 9.18 Å². The fraction of sp³-hybridized carbons (Fsp3) is 0.222. The van der Waals surface area contributed by atoms with Crippen LogP contribution in [-0.4, -0.2) is 19.5 Å². The molecule has 0 radical (unpaired) electrons. The first kappa shape index (κ1) is 13.7. The lowest BCUT2D eigenvalue weighted by Crippen LogP contribution is -2.25. The van der Waals surface area contributed by atoms with Crippen molar-refractivity contribution in [1.82, 2.24) is 5.32 Å². The Morgan fingerprint density at radius 2 is 2.20 bits per heavy atom. The number of nitrogens with two attached hydrogens (primary N) is 1. The molecule has 0 unspecified atom stereocenters. The Bertz CT molecular complexity index is 346. The van der Waals surface area contributed by atoms with E-state index in [0.29, 0.717) is 5.69 Å². The number of carbonyl (C=O) groups is 1. The topological polar surface area (TPSA) is 67.2 Å². The average Bonchev–Trinajstić information content (AvgIpc) is 2.12. The Morgan fingerprint density at radius 3 is 2.80 bits per heavy atom. The molecule has 4 nitrogen and oxygen atoms in total. The van der Waals surface area contributed by atoms with E-state index < -0.39 is 5.82 Å². The van der Waals surface area contributed by atoms with Crippen LogP contribution in [0.5, 0.6) is 0 Å². The number of halogens is 2. The average molecular weight is 234 g/mol. The lowest BCUT2D eigenvalue weighted by molar-refractivity contribution is -0.115. The number of likely N-dealkylation sites (N-methyl/N-ethyl adjacent to an activating group) is 1. The molecule has 0 aliphatic carbocycles. The first-order chi connectivity index (χ1) is 6.63. The third-order valence-corrected chi connectivity index (χ3v) is 1.60. The molecule has 0 heterocycles. The van der Waals surface area contributed by atoms with Gasteiger partial charge in [-0.2, -0.15) is 0 Å². The van der Waals surface area contributed by atoms with Gasteiger partial charge in [0, 0.05) is 5.69 Å². The zero-order valence-corrected chi connectivity index (χ0v) is 9.03. The standard InChI is InChI=1S/C9H12FN3O.ClH/c1-12-5-9(14)13-8-4-6(11)2-3-7(8)10;/h2-4,12H,5,11H2,1H3,(H,13,14);1H. The highest BCUT2D eigenvalue weighted by molar-refractivity contribution is 5.92. The molecule has 6 heteroatoms. The van der Waals surface area contributed by atoms with Gasteiger partial charge in [0.15, 0.2) is 0 Å². The Morgan fingerprint density at radius 1 is 1.53 bits per heavy atom. The van der Waals surface area contributed by atoms with Gasteiger partial charge >= 0.3 is 0 Å². The minimum atomic E-state index is -0.497. The molecule has 0 fully saturated rings. The SMILES string of the molecule is CNCC(=O)Nc1cc(N)ccc1F.Cl. The van der Waals surface area contributed by atoms with Gasteiger partial charge in [0.2, 0.25) is 5.91 Å². The molecule has 0 saturated carbocycles. The number of nitrogen functional groups attached to an aromatic ring is 1. The van der Waals surface area contributed by atoms with Crippen molar-refractivity contribution >= 4 is 29.7 Å². The van der Waals surface area contributed by atoms with Crippen molar-refractivity contribution in [2.75, 3.05) is 24.6 Å². The molecule has 4 N–H and O–H groups in total. The van der Waals surface area contributed by atoms with Gasteiger partial charge in [-0.3, -0.25) is 4.79 Å². The summed E-state index contributed by atoms with van der Waals surface area (Å²) in [6.07, 6.45) is 0. The highest BCUT2D eigenvalue weighted by atomic mass is 35.5. The molecule has 0 aliphatic heterocycles. The molecule has 0 aliphatic rings. The number of benzene rings is 1. The molecular weight excluding hydrogens is 221 g/mol. The van der Waals surface area contributed by atoms with Gasteiger partial charge in [0.1, 0.15) is 5.82 Å². The Balaban J connectivity index is 0.00000196. The molecule has 1 aromatic rings. The van der Waals surface area contributed by atoms with Crippen molar-refractivity contribution in [2.45, 2.75) is 0 Å². The van der Waals surface area contributed by atoms with E-state index in [-0.39, 0.29) is 30.5 Å². The van der Waals surface area contributed by atoms with E-state index in [2.05, 4.69) is 10.6 Å². The minimum Gasteiger partial charge on any atom is -0.399 e. The van der Waals surface area contributed by atoms with Gasteiger partial charge in [-0.05, 0) is 25.2 Å². The maximum Gasteiger partial charge on any atom is 0.238 e. The van der Waals surface area contributed by atoms with E-state index >= 15 is 0 Å². The molecule has 0 bridgehead atoms. The molecule has 1 aromatic carbocycles. The number of hydrogen-bond donors (Lipinski definition) is 3. The molecule has 1 amide bonds. The summed E-state index contributed by atoms with van der Waals surface area (Å²) in [5.41, 5.74) is 5.95. The first-order valence-corrected chi connectivity index (χ1v) is 4.13. The van der Waals surface area contributed by atoms with E-state index in [1.807, 2.05) is 0 Å². The monoisotopic (exact) mass is 233 g/mol. The van der Waals surface area contributed by atoms with Crippen molar-refractivity contribution in [3.8, 4) is 0 Å². The largest absolute Gasteiger partial charge is 0.399 e. The normalized spacial score (nSPS) is 9.20. The van der Waals surface area contributed by atoms with Gasteiger partial charge in [0.25, 0.3) is 0 Å². The van der Waals surface area contributed by atoms with Crippen molar-refractivity contribution in [3.63, 3.8) is 0 Å². The van der Waals surface area contributed by atoms with Gasteiger partial charge < -0.3 is 16.4 Å². The fourth-order valence-corrected chi connectivity index (χ4v) is 0.994. The molecule has 0 atom stereocenters. The van der Waals surface area contributed by atoms with Gasteiger partial charge in [-0.1, -0.05) is 0 Å². The van der Waals surface area contributed by atoms with E-state index in [4.69, 9.17) is 5.73 Å². The van der Waals surface area contributed by atoms with Crippen molar-refractivity contribution in [3.05, 3.63) is 24.0 Å². The second kappa shape index (κ2) is 6.21. The minimum absolute atomic E-state index is 0. The van der Waals surface area contributed by atoms with Crippen LogP contribution < -0.4 is 16.4 Å². The predicted molar refractivity (Wildman–Crippen MR) is 60.6 cm³/mol. The highest BCUT2D eigenvalue weighted by Crippen LogP contribution is 2.16. The molecule has 84 valence electrons. The Kier molecular flexibility index (Phi) is 5.66. The number of carbonyl (C=O) groups excluding carboxylic acids is 1. The number of hydrogen-bond acceptors (Lipinski definition) is 3. The van der Waals surface area contributed by atoms with E-state index in [0.717, 1.165) is 0 Å². The Hall–Kier alpha value is -1.33. The van der Waals surface area contributed by atoms with Crippen LogP contribution in [-0.2, 0) is 4.79 Å².